The average Bonchev–Trinajstić information content (AvgIpc) is 2.77. The van der Waals surface area contributed by atoms with E-state index in [4.69, 9.17) is 0 Å². The zero-order valence-electron chi connectivity index (χ0n) is 8.70. The summed E-state index contributed by atoms with van der Waals surface area (Å²) in [5, 5.41) is 18.6. The van der Waals surface area contributed by atoms with Gasteiger partial charge in [0, 0.05) is 6.07 Å². The van der Waals surface area contributed by atoms with Crippen LogP contribution in [-0.2, 0) is 0 Å². The zero-order valence-corrected chi connectivity index (χ0v) is 9.52. The third kappa shape index (κ3) is 2.26. The van der Waals surface area contributed by atoms with E-state index in [0.717, 1.165) is 6.07 Å². The van der Waals surface area contributed by atoms with Gasteiger partial charge in [-0.05, 0) is 12.3 Å². The standard InChI is InChI=1S/C9H7FN4O2S/c1-17-9-5-13(12-11-9)8-3-2-6(14(15)16)4-7(8)10/h2-5H,1H3. The van der Waals surface area contributed by atoms with Crippen molar-refractivity contribution in [2.45, 2.75) is 5.03 Å². The number of nitro groups is 1. The molecular formula is C9H7FN4O2S. The molecule has 0 radical (unpaired) electrons. The number of halogens is 1. The van der Waals surface area contributed by atoms with E-state index in [1.54, 1.807) is 6.20 Å². The Balaban J connectivity index is 2.42. The SMILES string of the molecule is CSc1cn(-c2ccc([N+](=O)[O-])cc2F)nn1. The van der Waals surface area contributed by atoms with Crippen LogP contribution in [0.4, 0.5) is 10.1 Å². The molecule has 2 rings (SSSR count). The lowest BCUT2D eigenvalue weighted by Gasteiger charge is -2.01. The molecule has 0 saturated carbocycles. The second-order valence-corrected chi connectivity index (χ2v) is 3.92. The number of aromatic nitrogens is 3. The van der Waals surface area contributed by atoms with Gasteiger partial charge in [-0.25, -0.2) is 9.07 Å². The molecule has 6 nitrogen and oxygen atoms in total. The first-order chi connectivity index (χ1) is 8.11. The summed E-state index contributed by atoms with van der Waals surface area (Å²) in [4.78, 5) is 9.80. The van der Waals surface area contributed by atoms with Gasteiger partial charge in [-0.3, -0.25) is 10.1 Å². The lowest BCUT2D eigenvalue weighted by molar-refractivity contribution is -0.385. The number of non-ortho nitro benzene ring substituents is 1. The quantitative estimate of drug-likeness (QED) is 0.476. The molecule has 1 heterocycles. The average molecular weight is 254 g/mol. The summed E-state index contributed by atoms with van der Waals surface area (Å²) in [6.07, 6.45) is 3.37. The lowest BCUT2D eigenvalue weighted by Crippen LogP contribution is -1.99. The summed E-state index contributed by atoms with van der Waals surface area (Å²) in [6.45, 7) is 0. The summed E-state index contributed by atoms with van der Waals surface area (Å²) in [5.41, 5.74) is -0.167. The van der Waals surface area contributed by atoms with Crippen molar-refractivity contribution in [3.63, 3.8) is 0 Å². The van der Waals surface area contributed by atoms with Crippen molar-refractivity contribution >= 4 is 17.4 Å². The van der Waals surface area contributed by atoms with Crippen molar-refractivity contribution in [2.75, 3.05) is 6.26 Å². The Morgan fingerprint density at radius 3 is 2.82 bits per heavy atom. The molecule has 0 amide bonds. The van der Waals surface area contributed by atoms with Crippen molar-refractivity contribution in [1.29, 1.82) is 0 Å². The Morgan fingerprint density at radius 2 is 2.29 bits per heavy atom. The number of hydrogen-bond acceptors (Lipinski definition) is 5. The van der Waals surface area contributed by atoms with Crippen LogP contribution in [0.3, 0.4) is 0 Å². The fraction of sp³-hybridized carbons (Fsp3) is 0.111. The smallest absolute Gasteiger partial charge is 0.258 e. The molecule has 0 spiro atoms. The van der Waals surface area contributed by atoms with Crippen molar-refractivity contribution < 1.29 is 9.31 Å². The van der Waals surface area contributed by atoms with E-state index in [-0.39, 0.29) is 11.4 Å². The maximum atomic E-state index is 13.6. The predicted octanol–water partition coefficient (Wildman–Crippen LogP) is 2.04. The minimum Gasteiger partial charge on any atom is -0.258 e. The van der Waals surface area contributed by atoms with Gasteiger partial charge < -0.3 is 0 Å². The fourth-order valence-corrected chi connectivity index (χ4v) is 1.58. The number of thioether (sulfide) groups is 1. The van der Waals surface area contributed by atoms with Gasteiger partial charge in [-0.2, -0.15) is 0 Å². The summed E-state index contributed by atoms with van der Waals surface area (Å²) in [6, 6.07) is 3.38. The maximum Gasteiger partial charge on any atom is 0.272 e. The van der Waals surface area contributed by atoms with Gasteiger partial charge in [0.15, 0.2) is 5.82 Å². The van der Waals surface area contributed by atoms with Crippen molar-refractivity contribution in [2.24, 2.45) is 0 Å². The van der Waals surface area contributed by atoms with Gasteiger partial charge >= 0.3 is 0 Å². The molecule has 0 atom stereocenters. The largest absolute Gasteiger partial charge is 0.272 e. The molecule has 0 aliphatic carbocycles. The van der Waals surface area contributed by atoms with Crippen LogP contribution in [0.2, 0.25) is 0 Å². The van der Waals surface area contributed by atoms with Crippen molar-refractivity contribution in [3.8, 4) is 5.69 Å². The van der Waals surface area contributed by atoms with Gasteiger partial charge in [0.05, 0.1) is 17.2 Å². The molecule has 1 aromatic heterocycles. The van der Waals surface area contributed by atoms with Crippen LogP contribution in [-0.4, -0.2) is 26.2 Å². The van der Waals surface area contributed by atoms with Gasteiger partial charge in [-0.15, -0.1) is 16.9 Å². The van der Waals surface area contributed by atoms with Crippen LogP contribution < -0.4 is 0 Å². The molecule has 2 aromatic rings. The van der Waals surface area contributed by atoms with Crippen molar-refractivity contribution in [3.05, 3.63) is 40.3 Å². The fourth-order valence-electron chi connectivity index (χ4n) is 1.25. The molecule has 17 heavy (non-hydrogen) atoms. The molecular weight excluding hydrogens is 247 g/mol. The van der Waals surface area contributed by atoms with E-state index in [2.05, 4.69) is 10.3 Å². The summed E-state index contributed by atoms with van der Waals surface area (Å²) in [7, 11) is 0. The van der Waals surface area contributed by atoms with Crippen LogP contribution in [0.25, 0.3) is 5.69 Å². The first-order valence-corrected chi connectivity index (χ1v) is 5.75. The third-order valence-electron chi connectivity index (χ3n) is 2.07. The zero-order chi connectivity index (χ0) is 12.4. The van der Waals surface area contributed by atoms with E-state index >= 15 is 0 Å². The molecule has 0 N–H and O–H groups in total. The topological polar surface area (TPSA) is 73.8 Å². The minimum absolute atomic E-state index is 0.128. The third-order valence-corrected chi connectivity index (χ3v) is 2.68. The number of hydrogen-bond donors (Lipinski definition) is 0. The highest BCUT2D eigenvalue weighted by Crippen LogP contribution is 2.20. The molecule has 88 valence electrons. The molecule has 0 saturated heterocycles. The highest BCUT2D eigenvalue weighted by Gasteiger charge is 2.13. The Kier molecular flexibility index (Phi) is 3.05. The Hall–Kier alpha value is -1.96. The summed E-state index contributed by atoms with van der Waals surface area (Å²) < 4.78 is 14.9. The maximum absolute atomic E-state index is 13.6. The second-order valence-electron chi connectivity index (χ2n) is 3.10. The van der Waals surface area contributed by atoms with E-state index in [9.17, 15) is 14.5 Å². The first kappa shape index (κ1) is 11.5. The number of rotatable bonds is 3. The van der Waals surface area contributed by atoms with Crippen LogP contribution in [0.1, 0.15) is 0 Å². The minimum atomic E-state index is -0.711. The van der Waals surface area contributed by atoms with E-state index < -0.39 is 10.7 Å². The Morgan fingerprint density at radius 1 is 1.53 bits per heavy atom. The Bertz CT molecular complexity index is 572. The van der Waals surface area contributed by atoms with E-state index in [1.807, 2.05) is 6.26 Å². The summed E-state index contributed by atoms with van der Waals surface area (Å²) >= 11 is 1.37. The molecule has 8 heteroatoms. The van der Waals surface area contributed by atoms with Gasteiger partial charge in [0.1, 0.15) is 10.7 Å². The molecule has 1 aromatic carbocycles. The second kappa shape index (κ2) is 4.50. The van der Waals surface area contributed by atoms with Crippen LogP contribution in [0.15, 0.2) is 29.4 Å². The summed E-state index contributed by atoms with van der Waals surface area (Å²) in [5.74, 6) is -0.711. The van der Waals surface area contributed by atoms with E-state index in [0.29, 0.717) is 5.03 Å². The predicted molar refractivity (Wildman–Crippen MR) is 59.8 cm³/mol. The highest BCUT2D eigenvalue weighted by atomic mass is 32.2. The lowest BCUT2D eigenvalue weighted by atomic mass is 10.3. The van der Waals surface area contributed by atoms with Crippen LogP contribution in [0.5, 0.6) is 0 Å². The van der Waals surface area contributed by atoms with Gasteiger partial charge in [0.25, 0.3) is 5.69 Å². The molecule has 0 bridgehead atoms. The number of nitro benzene ring substituents is 1. The highest BCUT2D eigenvalue weighted by molar-refractivity contribution is 7.98. The van der Waals surface area contributed by atoms with Gasteiger partial charge in [-0.1, -0.05) is 5.21 Å². The van der Waals surface area contributed by atoms with E-state index in [1.165, 1.54) is 28.6 Å². The first-order valence-electron chi connectivity index (χ1n) is 4.52. The molecule has 0 aliphatic rings. The normalized spacial score (nSPS) is 10.5. The van der Waals surface area contributed by atoms with Crippen LogP contribution in [0, 0.1) is 15.9 Å². The van der Waals surface area contributed by atoms with Crippen LogP contribution >= 0.6 is 11.8 Å². The Labute approximate surface area is 99.6 Å². The van der Waals surface area contributed by atoms with Crippen molar-refractivity contribution in [1.82, 2.24) is 15.0 Å². The molecule has 0 aliphatic heterocycles. The number of benzene rings is 1. The number of nitrogens with zero attached hydrogens (tertiary/aromatic N) is 4. The molecule has 0 fully saturated rings. The van der Waals surface area contributed by atoms with Gasteiger partial charge in [0.2, 0.25) is 0 Å². The monoisotopic (exact) mass is 254 g/mol. The molecule has 0 unspecified atom stereocenters.